The number of ether oxygens (including phenoxy) is 2. The van der Waals surface area contributed by atoms with E-state index < -0.39 is 0 Å². The van der Waals surface area contributed by atoms with Gasteiger partial charge in [-0.25, -0.2) is 0 Å². The molecule has 5 unspecified atom stereocenters. The van der Waals surface area contributed by atoms with Crippen LogP contribution in [0.15, 0.2) is 0 Å². The SMILES string of the molecule is O=C1OC2C3CC(CC13)C2OCCCCI. The lowest BCUT2D eigenvalue weighted by atomic mass is 9.88. The number of halogens is 1. The van der Waals surface area contributed by atoms with E-state index in [2.05, 4.69) is 22.6 Å². The van der Waals surface area contributed by atoms with Crippen molar-refractivity contribution in [3.63, 3.8) is 0 Å². The van der Waals surface area contributed by atoms with Gasteiger partial charge in [-0.3, -0.25) is 4.79 Å². The zero-order valence-corrected chi connectivity index (χ0v) is 11.4. The van der Waals surface area contributed by atoms with Gasteiger partial charge in [0, 0.05) is 12.5 Å². The number of hydrogen-bond acceptors (Lipinski definition) is 3. The summed E-state index contributed by atoms with van der Waals surface area (Å²) in [7, 11) is 0. The highest BCUT2D eigenvalue weighted by Gasteiger charge is 2.62. The number of unbranched alkanes of at least 4 members (excludes halogenated alkanes) is 1. The molecule has 0 spiro atoms. The van der Waals surface area contributed by atoms with Gasteiger partial charge in [-0.05, 0) is 36.0 Å². The summed E-state index contributed by atoms with van der Waals surface area (Å²) in [6.45, 7) is 0.829. The minimum Gasteiger partial charge on any atom is -0.459 e. The molecule has 4 heteroatoms. The molecule has 0 aromatic carbocycles. The predicted molar refractivity (Wildman–Crippen MR) is 67.4 cm³/mol. The normalized spacial score (nSPS) is 44.1. The van der Waals surface area contributed by atoms with Gasteiger partial charge in [0.15, 0.2) is 0 Å². The number of alkyl halides is 1. The Hall–Kier alpha value is 0.160. The van der Waals surface area contributed by atoms with Crippen LogP contribution in [0.1, 0.15) is 25.7 Å². The van der Waals surface area contributed by atoms with Crippen molar-refractivity contribution < 1.29 is 14.3 Å². The van der Waals surface area contributed by atoms with E-state index in [0.29, 0.717) is 11.8 Å². The second-order valence-electron chi connectivity index (χ2n) is 5.13. The summed E-state index contributed by atoms with van der Waals surface area (Å²) in [5, 5.41) is 0. The first-order chi connectivity index (χ1) is 7.81. The third kappa shape index (κ3) is 1.68. The van der Waals surface area contributed by atoms with Crippen LogP contribution in [-0.2, 0) is 14.3 Å². The van der Waals surface area contributed by atoms with E-state index in [1.165, 1.54) is 10.8 Å². The smallest absolute Gasteiger partial charge is 0.309 e. The summed E-state index contributed by atoms with van der Waals surface area (Å²) in [5.41, 5.74) is 0. The highest BCUT2D eigenvalue weighted by Crippen LogP contribution is 2.55. The molecule has 16 heavy (non-hydrogen) atoms. The standard InChI is InChI=1S/C12H17IO3/c13-3-1-2-4-15-10-7-5-8-9(6-7)12(14)16-11(8)10/h7-11H,1-6H2. The van der Waals surface area contributed by atoms with Gasteiger partial charge in [-0.2, -0.15) is 0 Å². The van der Waals surface area contributed by atoms with Crippen LogP contribution in [0.2, 0.25) is 0 Å². The van der Waals surface area contributed by atoms with Crippen LogP contribution in [-0.4, -0.2) is 29.2 Å². The Bertz CT molecular complexity index is 294. The molecule has 3 nitrogen and oxygen atoms in total. The molecule has 0 aromatic heterocycles. The molecule has 3 fully saturated rings. The first-order valence-corrected chi connectivity index (χ1v) is 7.72. The van der Waals surface area contributed by atoms with E-state index in [1.807, 2.05) is 0 Å². The van der Waals surface area contributed by atoms with Crippen molar-refractivity contribution in [2.75, 3.05) is 11.0 Å². The van der Waals surface area contributed by atoms with Gasteiger partial charge in [-0.1, -0.05) is 22.6 Å². The lowest BCUT2D eigenvalue weighted by Crippen LogP contribution is -2.34. The van der Waals surface area contributed by atoms with Crippen molar-refractivity contribution in [3.05, 3.63) is 0 Å². The largest absolute Gasteiger partial charge is 0.459 e. The number of rotatable bonds is 5. The first kappa shape index (κ1) is 11.3. The Morgan fingerprint density at radius 3 is 3.06 bits per heavy atom. The molecule has 1 heterocycles. The average Bonchev–Trinajstić information content (AvgIpc) is 2.87. The number of fused-ring (bicyclic) bond motifs is 1. The minimum absolute atomic E-state index is 0.0378. The summed E-state index contributed by atoms with van der Waals surface area (Å²) in [5.74, 6) is 1.32. The van der Waals surface area contributed by atoms with Gasteiger partial charge in [0.25, 0.3) is 0 Å². The minimum atomic E-state index is 0.0378. The van der Waals surface area contributed by atoms with E-state index in [1.54, 1.807) is 0 Å². The van der Waals surface area contributed by atoms with Crippen LogP contribution in [0.5, 0.6) is 0 Å². The molecule has 2 aliphatic carbocycles. The van der Waals surface area contributed by atoms with Gasteiger partial charge in [-0.15, -0.1) is 0 Å². The van der Waals surface area contributed by atoms with E-state index in [9.17, 15) is 4.79 Å². The lowest BCUT2D eigenvalue weighted by Gasteiger charge is -2.25. The molecule has 2 bridgehead atoms. The molecule has 2 saturated carbocycles. The van der Waals surface area contributed by atoms with Crippen molar-refractivity contribution in [3.8, 4) is 0 Å². The van der Waals surface area contributed by atoms with Crippen LogP contribution in [0, 0.1) is 17.8 Å². The van der Waals surface area contributed by atoms with E-state index in [0.717, 1.165) is 25.9 Å². The Morgan fingerprint density at radius 1 is 1.38 bits per heavy atom. The van der Waals surface area contributed by atoms with Crippen molar-refractivity contribution in [2.45, 2.75) is 37.9 Å². The quantitative estimate of drug-likeness (QED) is 0.334. The van der Waals surface area contributed by atoms with Crippen molar-refractivity contribution >= 4 is 28.6 Å². The van der Waals surface area contributed by atoms with Crippen molar-refractivity contribution in [1.29, 1.82) is 0 Å². The maximum absolute atomic E-state index is 11.5. The Balaban J connectivity index is 1.56. The highest BCUT2D eigenvalue weighted by atomic mass is 127. The van der Waals surface area contributed by atoms with Gasteiger partial charge in [0.05, 0.1) is 12.0 Å². The third-order valence-corrected chi connectivity index (χ3v) is 5.01. The second kappa shape index (κ2) is 4.44. The van der Waals surface area contributed by atoms with Crippen LogP contribution in [0.3, 0.4) is 0 Å². The molecule has 1 saturated heterocycles. The molecule has 5 atom stereocenters. The summed E-state index contributed by atoms with van der Waals surface area (Å²) >= 11 is 2.39. The molecule has 0 aromatic rings. The molecular weight excluding hydrogens is 319 g/mol. The van der Waals surface area contributed by atoms with Crippen LogP contribution in [0.25, 0.3) is 0 Å². The summed E-state index contributed by atoms with van der Waals surface area (Å²) in [6, 6.07) is 0. The monoisotopic (exact) mass is 336 g/mol. The molecule has 1 aliphatic heterocycles. The Kier molecular flexibility index (Phi) is 3.13. The maximum Gasteiger partial charge on any atom is 0.309 e. The second-order valence-corrected chi connectivity index (χ2v) is 6.21. The van der Waals surface area contributed by atoms with E-state index in [-0.39, 0.29) is 24.1 Å². The van der Waals surface area contributed by atoms with Gasteiger partial charge < -0.3 is 9.47 Å². The predicted octanol–water partition coefficient (Wildman–Crippen LogP) is 2.17. The van der Waals surface area contributed by atoms with Crippen LogP contribution >= 0.6 is 22.6 Å². The zero-order valence-electron chi connectivity index (χ0n) is 9.23. The topological polar surface area (TPSA) is 35.5 Å². The van der Waals surface area contributed by atoms with E-state index >= 15 is 0 Å². The van der Waals surface area contributed by atoms with Gasteiger partial charge >= 0.3 is 5.97 Å². The highest BCUT2D eigenvalue weighted by molar-refractivity contribution is 14.1. The fraction of sp³-hybridized carbons (Fsp3) is 0.917. The fourth-order valence-corrected chi connectivity index (χ4v) is 4.09. The summed E-state index contributed by atoms with van der Waals surface area (Å²) in [4.78, 5) is 11.5. The third-order valence-electron chi connectivity index (χ3n) is 4.25. The fourth-order valence-electron chi connectivity index (χ4n) is 3.55. The first-order valence-electron chi connectivity index (χ1n) is 6.19. The molecular formula is C12H17IO3. The molecule has 0 amide bonds. The summed E-state index contributed by atoms with van der Waals surface area (Å²) < 4.78 is 12.6. The number of carbonyl (C=O) groups excluding carboxylic acids is 1. The molecule has 0 N–H and O–H groups in total. The molecule has 3 aliphatic rings. The molecule has 3 rings (SSSR count). The van der Waals surface area contributed by atoms with Crippen LogP contribution < -0.4 is 0 Å². The number of hydrogen-bond donors (Lipinski definition) is 0. The summed E-state index contributed by atoms with van der Waals surface area (Å²) in [6.07, 6.45) is 4.81. The van der Waals surface area contributed by atoms with E-state index in [4.69, 9.17) is 9.47 Å². The van der Waals surface area contributed by atoms with Crippen LogP contribution in [0.4, 0.5) is 0 Å². The lowest BCUT2D eigenvalue weighted by molar-refractivity contribution is -0.147. The number of carbonyl (C=O) groups is 1. The Morgan fingerprint density at radius 2 is 2.25 bits per heavy atom. The van der Waals surface area contributed by atoms with Crippen molar-refractivity contribution in [2.24, 2.45) is 17.8 Å². The maximum atomic E-state index is 11.5. The molecule has 90 valence electrons. The van der Waals surface area contributed by atoms with Crippen molar-refractivity contribution in [1.82, 2.24) is 0 Å². The Labute approximate surface area is 109 Å². The van der Waals surface area contributed by atoms with Gasteiger partial charge in [0.1, 0.15) is 6.10 Å². The molecule has 0 radical (unpaired) electrons. The average molecular weight is 336 g/mol. The number of esters is 1. The van der Waals surface area contributed by atoms with Gasteiger partial charge in [0.2, 0.25) is 0 Å². The zero-order chi connectivity index (χ0) is 11.1.